The molecule has 22 heavy (non-hydrogen) atoms. The number of carbonyl (C=O) groups excluding carboxylic acids is 2. The molecule has 0 unspecified atom stereocenters. The normalized spacial score (nSPS) is 18.1. The summed E-state index contributed by atoms with van der Waals surface area (Å²) in [4.78, 5) is 25.7. The number of nitrogens with two attached hydrogens (primary N) is 1. The van der Waals surface area contributed by atoms with Gasteiger partial charge in [-0.2, -0.15) is 0 Å². The van der Waals surface area contributed by atoms with Gasteiger partial charge in [0.25, 0.3) is 5.91 Å². The van der Waals surface area contributed by atoms with Crippen LogP contribution in [0.15, 0.2) is 18.2 Å². The van der Waals surface area contributed by atoms with E-state index in [0.29, 0.717) is 32.7 Å². The highest BCUT2D eigenvalue weighted by Crippen LogP contribution is 2.19. The predicted molar refractivity (Wildman–Crippen MR) is 78.8 cm³/mol. The fraction of sp³-hybridized carbons (Fsp3) is 0.467. The van der Waals surface area contributed by atoms with Gasteiger partial charge in [0, 0.05) is 18.7 Å². The van der Waals surface area contributed by atoms with E-state index in [-0.39, 0.29) is 28.9 Å². The molecule has 1 heterocycles. The molecule has 0 saturated carbocycles. The minimum absolute atomic E-state index is 0.0833. The highest BCUT2D eigenvalue weighted by molar-refractivity contribution is 5.98. The van der Waals surface area contributed by atoms with Crippen molar-refractivity contribution in [3.63, 3.8) is 0 Å². The second kappa shape index (κ2) is 7.24. The zero-order valence-electron chi connectivity index (χ0n) is 12.4. The molecule has 1 fully saturated rings. The van der Waals surface area contributed by atoms with Gasteiger partial charge in [-0.3, -0.25) is 4.79 Å². The molecule has 1 atom stereocenters. The summed E-state index contributed by atoms with van der Waals surface area (Å²) in [6.07, 6.45) is 0.595. The third-order valence-corrected chi connectivity index (χ3v) is 3.50. The van der Waals surface area contributed by atoms with E-state index in [2.05, 4.69) is 4.74 Å². The van der Waals surface area contributed by atoms with Gasteiger partial charge < -0.3 is 25.2 Å². The minimum Gasteiger partial charge on any atom is -0.508 e. The summed E-state index contributed by atoms with van der Waals surface area (Å²) < 4.78 is 10.2. The van der Waals surface area contributed by atoms with Crippen molar-refractivity contribution in [2.45, 2.75) is 12.5 Å². The molecule has 0 spiro atoms. The molecule has 1 aliphatic heterocycles. The summed E-state index contributed by atoms with van der Waals surface area (Å²) in [7, 11) is 1.24. The molecule has 2 rings (SSSR count). The summed E-state index contributed by atoms with van der Waals surface area (Å²) >= 11 is 0. The highest BCUT2D eigenvalue weighted by atomic mass is 16.5. The van der Waals surface area contributed by atoms with Crippen LogP contribution in [0.5, 0.6) is 5.75 Å². The van der Waals surface area contributed by atoms with Crippen molar-refractivity contribution in [1.82, 2.24) is 4.90 Å². The van der Waals surface area contributed by atoms with Crippen LogP contribution >= 0.6 is 0 Å². The largest absolute Gasteiger partial charge is 0.508 e. The first-order valence-corrected chi connectivity index (χ1v) is 7.08. The predicted octanol–water partition coefficient (Wildman–Crippen LogP) is 0.369. The van der Waals surface area contributed by atoms with Crippen molar-refractivity contribution < 1.29 is 24.2 Å². The number of benzene rings is 1. The maximum absolute atomic E-state index is 12.5. The van der Waals surface area contributed by atoms with Gasteiger partial charge in [0.05, 0.1) is 25.4 Å². The molecule has 1 aromatic carbocycles. The monoisotopic (exact) mass is 308 g/mol. The fourth-order valence-electron chi connectivity index (χ4n) is 2.42. The topological polar surface area (TPSA) is 102 Å². The molecule has 1 aliphatic rings. The first kappa shape index (κ1) is 16.3. The van der Waals surface area contributed by atoms with Gasteiger partial charge in [0.2, 0.25) is 0 Å². The zero-order valence-corrected chi connectivity index (χ0v) is 12.4. The van der Waals surface area contributed by atoms with E-state index in [1.54, 1.807) is 4.90 Å². The number of hydrogen-bond donors (Lipinski definition) is 2. The van der Waals surface area contributed by atoms with Crippen molar-refractivity contribution in [1.29, 1.82) is 0 Å². The number of methoxy groups -OCH3 is 1. The highest BCUT2D eigenvalue weighted by Gasteiger charge is 2.25. The quantitative estimate of drug-likeness (QED) is 0.779. The van der Waals surface area contributed by atoms with E-state index >= 15 is 0 Å². The van der Waals surface area contributed by atoms with E-state index in [4.69, 9.17) is 10.5 Å². The molecule has 1 aromatic rings. The molecule has 0 bridgehead atoms. The number of morpholine rings is 1. The number of carbonyl (C=O) groups is 2. The van der Waals surface area contributed by atoms with Gasteiger partial charge in [-0.05, 0) is 31.2 Å². The first-order chi connectivity index (χ1) is 10.5. The molecule has 1 saturated heterocycles. The molecule has 3 N–H and O–H groups in total. The van der Waals surface area contributed by atoms with Crippen molar-refractivity contribution in [3.05, 3.63) is 29.3 Å². The lowest BCUT2D eigenvalue weighted by Gasteiger charge is -2.33. The summed E-state index contributed by atoms with van der Waals surface area (Å²) in [5.41, 5.74) is 5.89. The standard InChI is InChI=1S/C15H20N2O5/c1-21-15(20)11-6-10(7-12(18)8-11)14(19)17-4-5-22-13(9-17)2-3-16/h6-8,13,18H,2-5,9,16H2,1H3/t13-/m0/s1. The molecule has 1 amide bonds. The summed E-state index contributed by atoms with van der Waals surface area (Å²) in [6, 6.07) is 4.02. The average molecular weight is 308 g/mol. The van der Waals surface area contributed by atoms with E-state index in [1.807, 2.05) is 0 Å². The first-order valence-electron chi connectivity index (χ1n) is 7.08. The molecular formula is C15H20N2O5. The number of hydrogen-bond acceptors (Lipinski definition) is 6. The lowest BCUT2D eigenvalue weighted by Crippen LogP contribution is -2.46. The molecular weight excluding hydrogens is 288 g/mol. The molecule has 120 valence electrons. The van der Waals surface area contributed by atoms with Gasteiger partial charge in [0.15, 0.2) is 0 Å². The number of phenols is 1. The lowest BCUT2D eigenvalue weighted by atomic mass is 10.1. The number of phenolic OH excluding ortho intramolecular Hbond substituents is 1. The van der Waals surface area contributed by atoms with Crippen molar-refractivity contribution in [2.75, 3.05) is 33.4 Å². The van der Waals surface area contributed by atoms with Crippen LogP contribution in [0.2, 0.25) is 0 Å². The number of esters is 1. The third-order valence-electron chi connectivity index (χ3n) is 3.50. The van der Waals surface area contributed by atoms with Crippen LogP contribution in [0.1, 0.15) is 27.1 Å². The smallest absolute Gasteiger partial charge is 0.338 e. The Morgan fingerprint density at radius 1 is 1.41 bits per heavy atom. The van der Waals surface area contributed by atoms with E-state index < -0.39 is 5.97 Å². The second-order valence-corrected chi connectivity index (χ2v) is 5.08. The molecule has 0 aromatic heterocycles. The Morgan fingerprint density at radius 3 is 2.82 bits per heavy atom. The number of rotatable bonds is 4. The Morgan fingerprint density at radius 2 is 2.14 bits per heavy atom. The molecule has 0 aliphatic carbocycles. The molecule has 7 nitrogen and oxygen atoms in total. The van der Waals surface area contributed by atoms with Crippen LogP contribution < -0.4 is 5.73 Å². The van der Waals surface area contributed by atoms with Crippen LogP contribution in [-0.2, 0) is 9.47 Å². The van der Waals surface area contributed by atoms with Gasteiger partial charge in [-0.25, -0.2) is 4.79 Å². The van der Waals surface area contributed by atoms with Crippen LogP contribution in [0.25, 0.3) is 0 Å². The number of aromatic hydroxyl groups is 1. The lowest BCUT2D eigenvalue weighted by molar-refractivity contribution is -0.0236. The van der Waals surface area contributed by atoms with Crippen molar-refractivity contribution >= 4 is 11.9 Å². The minimum atomic E-state index is -0.604. The van der Waals surface area contributed by atoms with Gasteiger partial charge in [-0.1, -0.05) is 0 Å². The van der Waals surface area contributed by atoms with Crippen LogP contribution in [0.3, 0.4) is 0 Å². The van der Waals surface area contributed by atoms with Crippen LogP contribution in [0.4, 0.5) is 0 Å². The maximum atomic E-state index is 12.5. The maximum Gasteiger partial charge on any atom is 0.338 e. The summed E-state index contributed by atoms with van der Waals surface area (Å²) in [5.74, 6) is -1.02. The Labute approximate surface area is 128 Å². The Bertz CT molecular complexity index is 559. The number of nitrogens with zero attached hydrogens (tertiary/aromatic N) is 1. The van der Waals surface area contributed by atoms with Gasteiger partial charge in [-0.15, -0.1) is 0 Å². The van der Waals surface area contributed by atoms with Crippen molar-refractivity contribution in [2.24, 2.45) is 5.73 Å². The number of ether oxygens (including phenoxy) is 2. The third kappa shape index (κ3) is 3.75. The average Bonchev–Trinajstić information content (AvgIpc) is 2.53. The SMILES string of the molecule is COC(=O)c1cc(O)cc(C(=O)N2CCO[C@@H](CCN)C2)c1. The van der Waals surface area contributed by atoms with Gasteiger partial charge in [0.1, 0.15) is 5.75 Å². The van der Waals surface area contributed by atoms with E-state index in [0.717, 1.165) is 0 Å². The molecule has 0 radical (unpaired) electrons. The van der Waals surface area contributed by atoms with E-state index in [9.17, 15) is 14.7 Å². The van der Waals surface area contributed by atoms with E-state index in [1.165, 1.54) is 25.3 Å². The van der Waals surface area contributed by atoms with Crippen LogP contribution in [0, 0.1) is 0 Å². The number of amides is 1. The summed E-state index contributed by atoms with van der Waals surface area (Å²) in [6.45, 7) is 1.84. The second-order valence-electron chi connectivity index (χ2n) is 5.08. The fourth-order valence-corrected chi connectivity index (χ4v) is 2.42. The summed E-state index contributed by atoms with van der Waals surface area (Å²) in [5, 5.41) is 9.70. The van der Waals surface area contributed by atoms with Crippen molar-refractivity contribution in [3.8, 4) is 5.75 Å². The molecule has 7 heteroatoms. The Hall–Kier alpha value is -2.12. The van der Waals surface area contributed by atoms with Gasteiger partial charge >= 0.3 is 5.97 Å². The zero-order chi connectivity index (χ0) is 16.1. The Kier molecular flexibility index (Phi) is 5.35. The van der Waals surface area contributed by atoms with Crippen LogP contribution in [-0.4, -0.2) is 61.3 Å². The Balaban J connectivity index is 2.18.